The van der Waals surface area contributed by atoms with E-state index in [0.29, 0.717) is 0 Å². The van der Waals surface area contributed by atoms with Crippen molar-refractivity contribution >= 4 is 22.5 Å². The number of benzene rings is 1. The number of carboxylic acid groups (broad SMARTS) is 1. The number of hydrogen-bond donors (Lipinski definition) is 1. The van der Waals surface area contributed by atoms with Crippen molar-refractivity contribution in [1.82, 2.24) is 20.0 Å². The Hall–Kier alpha value is -2.50. The van der Waals surface area contributed by atoms with Crippen LogP contribution >= 0.6 is 0 Å². The number of hydrogen-bond acceptors (Lipinski definition) is 4. The molecule has 1 aromatic carbocycles. The second kappa shape index (κ2) is 5.01. The topological polar surface area (TPSA) is 80.4 Å². The summed E-state index contributed by atoms with van der Waals surface area (Å²) in [6, 6.07) is 7.31. The number of aromatic carboxylic acids is 1. The molecule has 3 rings (SSSR count). The van der Waals surface area contributed by atoms with Crippen LogP contribution in [0.4, 0.5) is 0 Å². The van der Waals surface area contributed by atoms with Gasteiger partial charge in [0.15, 0.2) is 5.65 Å². The summed E-state index contributed by atoms with van der Waals surface area (Å²) in [5.41, 5.74) is 2.21. The molecule has 0 atom stereocenters. The van der Waals surface area contributed by atoms with E-state index < -0.39 is 5.97 Å². The minimum absolute atomic E-state index is 0.105. The number of carboxylic acids is 1. The number of fused-ring (bicyclic) bond motifs is 3. The summed E-state index contributed by atoms with van der Waals surface area (Å²) in [6.45, 7) is 5.95. The molecule has 2 heterocycles. The standard InChI is InChI=1S/C11H8N4O2.C2H6/c1-6-2-3-9-7(4-6)5-8(11(16)17)10-12-13-14-15(9)10;1-2/h2-5H,1H3,(H,16,17);1-2H3. The van der Waals surface area contributed by atoms with Gasteiger partial charge in [0.25, 0.3) is 0 Å². The number of nitrogens with zero attached hydrogens (tertiary/aromatic N) is 4. The van der Waals surface area contributed by atoms with Crippen molar-refractivity contribution in [3.05, 3.63) is 35.4 Å². The molecule has 0 saturated heterocycles. The fourth-order valence-electron chi connectivity index (χ4n) is 1.88. The van der Waals surface area contributed by atoms with Gasteiger partial charge in [-0.15, -0.1) is 5.10 Å². The predicted molar refractivity (Wildman–Crippen MR) is 71.3 cm³/mol. The Morgan fingerprint density at radius 1 is 1.26 bits per heavy atom. The minimum Gasteiger partial charge on any atom is -0.478 e. The Balaban J connectivity index is 0.000000637. The normalized spacial score (nSPS) is 10.3. The third-order valence-electron chi connectivity index (χ3n) is 2.65. The highest BCUT2D eigenvalue weighted by Crippen LogP contribution is 2.20. The largest absolute Gasteiger partial charge is 0.478 e. The molecule has 0 aliphatic heterocycles. The number of aryl methyl sites for hydroxylation is 1. The van der Waals surface area contributed by atoms with Crippen molar-refractivity contribution in [2.45, 2.75) is 20.8 Å². The SMILES string of the molecule is CC.Cc1ccc2c(c1)cc(C(=O)O)c1nnnn12. The smallest absolute Gasteiger partial charge is 0.339 e. The van der Waals surface area contributed by atoms with E-state index in [2.05, 4.69) is 15.5 Å². The average molecular weight is 258 g/mol. The summed E-state index contributed by atoms with van der Waals surface area (Å²) >= 11 is 0. The zero-order valence-electron chi connectivity index (χ0n) is 11.0. The quantitative estimate of drug-likeness (QED) is 0.724. The van der Waals surface area contributed by atoms with Crippen LogP contribution in [0, 0.1) is 6.92 Å². The van der Waals surface area contributed by atoms with Crippen molar-refractivity contribution in [3.8, 4) is 0 Å². The van der Waals surface area contributed by atoms with Gasteiger partial charge in [0, 0.05) is 5.39 Å². The molecule has 98 valence electrons. The molecule has 0 unspecified atom stereocenters. The van der Waals surface area contributed by atoms with E-state index in [-0.39, 0.29) is 11.2 Å². The lowest BCUT2D eigenvalue weighted by Gasteiger charge is -2.03. The summed E-state index contributed by atoms with van der Waals surface area (Å²) in [6.07, 6.45) is 0. The molecule has 0 spiro atoms. The molecular weight excluding hydrogens is 244 g/mol. The van der Waals surface area contributed by atoms with Crippen LogP contribution in [0.1, 0.15) is 29.8 Å². The van der Waals surface area contributed by atoms with E-state index in [1.807, 2.05) is 39.0 Å². The molecule has 19 heavy (non-hydrogen) atoms. The summed E-state index contributed by atoms with van der Waals surface area (Å²) in [7, 11) is 0. The van der Waals surface area contributed by atoms with Crippen LogP contribution in [0.2, 0.25) is 0 Å². The van der Waals surface area contributed by atoms with Crippen LogP contribution in [0.15, 0.2) is 24.3 Å². The summed E-state index contributed by atoms with van der Waals surface area (Å²) in [4.78, 5) is 11.1. The number of tetrazole rings is 1. The lowest BCUT2D eigenvalue weighted by atomic mass is 10.1. The van der Waals surface area contributed by atoms with Gasteiger partial charge < -0.3 is 5.11 Å². The molecular formula is C13H14N4O2. The van der Waals surface area contributed by atoms with E-state index in [4.69, 9.17) is 5.11 Å². The molecule has 0 fully saturated rings. The van der Waals surface area contributed by atoms with E-state index in [0.717, 1.165) is 16.5 Å². The Labute approximate surface area is 109 Å². The Bertz CT molecular complexity index is 749. The van der Waals surface area contributed by atoms with E-state index in [1.165, 1.54) is 4.52 Å². The van der Waals surface area contributed by atoms with E-state index >= 15 is 0 Å². The maximum atomic E-state index is 11.1. The van der Waals surface area contributed by atoms with Crippen molar-refractivity contribution in [1.29, 1.82) is 0 Å². The molecule has 0 aliphatic carbocycles. The third-order valence-corrected chi connectivity index (χ3v) is 2.65. The van der Waals surface area contributed by atoms with Crippen molar-refractivity contribution in [2.75, 3.05) is 0 Å². The Kier molecular flexibility index (Phi) is 3.41. The number of rotatable bonds is 1. The van der Waals surface area contributed by atoms with Crippen LogP contribution < -0.4 is 0 Å². The van der Waals surface area contributed by atoms with E-state index in [9.17, 15) is 4.79 Å². The zero-order valence-corrected chi connectivity index (χ0v) is 11.0. The molecule has 1 N–H and O–H groups in total. The molecule has 0 amide bonds. The summed E-state index contributed by atoms with van der Waals surface area (Å²) < 4.78 is 1.44. The highest BCUT2D eigenvalue weighted by molar-refractivity contribution is 5.99. The monoisotopic (exact) mass is 258 g/mol. The summed E-state index contributed by atoms with van der Waals surface area (Å²) in [5, 5.41) is 21.0. The van der Waals surface area contributed by atoms with Gasteiger partial charge in [-0.25, -0.2) is 4.79 Å². The maximum absolute atomic E-state index is 11.1. The molecule has 2 aromatic heterocycles. The first-order valence-corrected chi connectivity index (χ1v) is 6.01. The van der Waals surface area contributed by atoms with Crippen molar-refractivity contribution in [2.24, 2.45) is 0 Å². The lowest BCUT2D eigenvalue weighted by molar-refractivity contribution is 0.0698. The first-order chi connectivity index (χ1) is 9.16. The van der Waals surface area contributed by atoms with Crippen LogP contribution in [0.25, 0.3) is 16.6 Å². The molecule has 6 nitrogen and oxygen atoms in total. The van der Waals surface area contributed by atoms with Gasteiger partial charge in [0.05, 0.1) is 5.52 Å². The van der Waals surface area contributed by atoms with Crippen LogP contribution in [0.5, 0.6) is 0 Å². The summed E-state index contributed by atoms with van der Waals surface area (Å²) in [5.74, 6) is -1.03. The predicted octanol–water partition coefficient (Wildman–Crippen LogP) is 2.31. The Morgan fingerprint density at radius 2 is 2.00 bits per heavy atom. The van der Waals surface area contributed by atoms with Gasteiger partial charge in [-0.3, -0.25) is 0 Å². The minimum atomic E-state index is -1.03. The molecule has 0 bridgehead atoms. The third kappa shape index (κ3) is 2.12. The second-order valence-electron chi connectivity index (χ2n) is 3.84. The van der Waals surface area contributed by atoms with Crippen LogP contribution in [0.3, 0.4) is 0 Å². The fraction of sp³-hybridized carbons (Fsp3) is 0.231. The van der Waals surface area contributed by atoms with Gasteiger partial charge in [-0.1, -0.05) is 25.5 Å². The average Bonchev–Trinajstić information content (AvgIpc) is 2.88. The molecule has 0 saturated carbocycles. The van der Waals surface area contributed by atoms with Gasteiger partial charge in [0.2, 0.25) is 0 Å². The van der Waals surface area contributed by atoms with Crippen LogP contribution in [-0.4, -0.2) is 31.1 Å². The maximum Gasteiger partial charge on any atom is 0.339 e. The number of pyridine rings is 1. The molecule has 0 aliphatic rings. The fourth-order valence-corrected chi connectivity index (χ4v) is 1.88. The number of aromatic nitrogens is 4. The molecule has 6 heteroatoms. The lowest BCUT2D eigenvalue weighted by Crippen LogP contribution is -2.02. The van der Waals surface area contributed by atoms with E-state index in [1.54, 1.807) is 6.07 Å². The van der Waals surface area contributed by atoms with Crippen LogP contribution in [-0.2, 0) is 0 Å². The molecule has 3 aromatic rings. The zero-order chi connectivity index (χ0) is 14.0. The van der Waals surface area contributed by atoms with Crippen molar-refractivity contribution < 1.29 is 9.90 Å². The highest BCUT2D eigenvalue weighted by atomic mass is 16.4. The number of carbonyl (C=O) groups is 1. The van der Waals surface area contributed by atoms with Gasteiger partial charge in [0.1, 0.15) is 5.56 Å². The molecule has 0 radical (unpaired) electrons. The highest BCUT2D eigenvalue weighted by Gasteiger charge is 2.14. The first kappa shape index (κ1) is 12.9. The van der Waals surface area contributed by atoms with Gasteiger partial charge in [-0.05, 0) is 35.5 Å². The second-order valence-corrected chi connectivity index (χ2v) is 3.84. The van der Waals surface area contributed by atoms with Gasteiger partial charge in [-0.2, -0.15) is 4.52 Å². The first-order valence-electron chi connectivity index (χ1n) is 6.01. The Morgan fingerprint density at radius 3 is 2.68 bits per heavy atom. The van der Waals surface area contributed by atoms with Gasteiger partial charge >= 0.3 is 5.97 Å². The van der Waals surface area contributed by atoms with Crippen molar-refractivity contribution in [3.63, 3.8) is 0 Å².